The summed E-state index contributed by atoms with van der Waals surface area (Å²) in [5.41, 5.74) is 2.34. The van der Waals surface area contributed by atoms with Crippen molar-refractivity contribution in [1.29, 1.82) is 0 Å². The molecule has 0 spiro atoms. The standard InChI is InChI=1S/C18H26N4O.ClH/c1-14(19-2)12-17-20-18(23-21-17)16-8-6-15(7-9-16)13-22-10-4-3-5-11-22;/h6-9,14,19H,3-5,10-13H2,1-2H3;1H. The summed E-state index contributed by atoms with van der Waals surface area (Å²) in [6.45, 7) is 5.58. The van der Waals surface area contributed by atoms with Crippen LogP contribution in [0.5, 0.6) is 0 Å². The molecular weight excluding hydrogens is 324 g/mol. The van der Waals surface area contributed by atoms with Crippen molar-refractivity contribution in [2.75, 3.05) is 20.1 Å². The van der Waals surface area contributed by atoms with E-state index < -0.39 is 0 Å². The third-order valence-electron chi connectivity index (χ3n) is 4.51. The molecule has 1 aliphatic heterocycles. The SMILES string of the molecule is CNC(C)Cc1noc(-c2ccc(CN3CCCCC3)cc2)n1.Cl. The Bertz CT molecular complexity index is 608. The maximum Gasteiger partial charge on any atom is 0.257 e. The summed E-state index contributed by atoms with van der Waals surface area (Å²) in [7, 11) is 1.94. The minimum Gasteiger partial charge on any atom is -0.334 e. The number of nitrogens with one attached hydrogen (secondary N) is 1. The quantitative estimate of drug-likeness (QED) is 0.866. The normalized spacial score (nSPS) is 16.6. The van der Waals surface area contributed by atoms with Crippen molar-refractivity contribution in [3.8, 4) is 11.5 Å². The highest BCUT2D eigenvalue weighted by Crippen LogP contribution is 2.20. The molecule has 2 heterocycles. The van der Waals surface area contributed by atoms with Crippen LogP contribution in [0.4, 0.5) is 0 Å². The van der Waals surface area contributed by atoms with Gasteiger partial charge in [-0.1, -0.05) is 23.7 Å². The lowest BCUT2D eigenvalue weighted by molar-refractivity contribution is 0.221. The molecule has 5 nitrogen and oxygen atoms in total. The number of piperidine rings is 1. The second kappa shape index (κ2) is 9.16. The Labute approximate surface area is 150 Å². The number of benzene rings is 1. The number of rotatable bonds is 6. The zero-order chi connectivity index (χ0) is 16.1. The fraction of sp³-hybridized carbons (Fsp3) is 0.556. The van der Waals surface area contributed by atoms with Crippen LogP contribution in [0.15, 0.2) is 28.8 Å². The molecule has 0 aliphatic carbocycles. The van der Waals surface area contributed by atoms with Crippen molar-refractivity contribution >= 4 is 12.4 Å². The van der Waals surface area contributed by atoms with Gasteiger partial charge in [0.1, 0.15) is 0 Å². The molecule has 1 fully saturated rings. The van der Waals surface area contributed by atoms with Gasteiger partial charge in [-0.15, -0.1) is 12.4 Å². The van der Waals surface area contributed by atoms with E-state index >= 15 is 0 Å². The summed E-state index contributed by atoms with van der Waals surface area (Å²) in [6, 6.07) is 8.84. The minimum absolute atomic E-state index is 0. The lowest BCUT2D eigenvalue weighted by Crippen LogP contribution is -2.28. The second-order valence-electron chi connectivity index (χ2n) is 6.44. The molecule has 6 heteroatoms. The second-order valence-corrected chi connectivity index (χ2v) is 6.44. The van der Waals surface area contributed by atoms with E-state index in [4.69, 9.17) is 4.52 Å². The van der Waals surface area contributed by atoms with Gasteiger partial charge in [-0.05, 0) is 57.6 Å². The Hall–Kier alpha value is -1.43. The fourth-order valence-corrected chi connectivity index (χ4v) is 2.96. The summed E-state index contributed by atoms with van der Waals surface area (Å²) in [5.74, 6) is 1.35. The molecule has 1 N–H and O–H groups in total. The smallest absolute Gasteiger partial charge is 0.257 e. The summed E-state index contributed by atoms with van der Waals surface area (Å²) in [6.07, 6.45) is 4.80. The van der Waals surface area contributed by atoms with E-state index in [1.54, 1.807) is 0 Å². The largest absolute Gasteiger partial charge is 0.334 e. The Kier molecular flexibility index (Phi) is 7.21. The van der Waals surface area contributed by atoms with Gasteiger partial charge in [0, 0.05) is 24.6 Å². The summed E-state index contributed by atoms with van der Waals surface area (Å²) >= 11 is 0. The van der Waals surface area contributed by atoms with Crippen molar-refractivity contribution in [3.63, 3.8) is 0 Å². The molecule has 24 heavy (non-hydrogen) atoms. The first kappa shape index (κ1) is 18.9. The van der Waals surface area contributed by atoms with Crippen molar-refractivity contribution in [1.82, 2.24) is 20.4 Å². The van der Waals surface area contributed by atoms with E-state index in [-0.39, 0.29) is 12.4 Å². The monoisotopic (exact) mass is 350 g/mol. The summed E-state index contributed by atoms with van der Waals surface area (Å²) < 4.78 is 5.39. The molecule has 1 atom stereocenters. The summed E-state index contributed by atoms with van der Waals surface area (Å²) in [4.78, 5) is 7.02. The predicted molar refractivity (Wildman–Crippen MR) is 98.3 cm³/mol. The maximum atomic E-state index is 5.39. The molecule has 0 amide bonds. The van der Waals surface area contributed by atoms with Crippen LogP contribution in [-0.4, -0.2) is 41.2 Å². The van der Waals surface area contributed by atoms with Crippen LogP contribution in [0.3, 0.4) is 0 Å². The van der Waals surface area contributed by atoms with Gasteiger partial charge in [0.2, 0.25) is 0 Å². The van der Waals surface area contributed by atoms with Crippen LogP contribution in [0.1, 0.15) is 37.6 Å². The number of hydrogen-bond acceptors (Lipinski definition) is 5. The average molecular weight is 351 g/mol. The predicted octanol–water partition coefficient (Wildman–Crippen LogP) is 3.29. The molecule has 1 saturated heterocycles. The van der Waals surface area contributed by atoms with Gasteiger partial charge < -0.3 is 9.84 Å². The van der Waals surface area contributed by atoms with Crippen molar-refractivity contribution in [2.24, 2.45) is 0 Å². The van der Waals surface area contributed by atoms with Gasteiger partial charge in [-0.3, -0.25) is 4.90 Å². The number of aromatic nitrogens is 2. The molecule has 1 unspecified atom stereocenters. The van der Waals surface area contributed by atoms with E-state index in [0.29, 0.717) is 11.9 Å². The summed E-state index contributed by atoms with van der Waals surface area (Å²) in [5, 5.41) is 7.24. The third-order valence-corrected chi connectivity index (χ3v) is 4.51. The van der Waals surface area contributed by atoms with Crippen molar-refractivity contribution in [3.05, 3.63) is 35.7 Å². The van der Waals surface area contributed by atoms with Crippen molar-refractivity contribution < 1.29 is 4.52 Å². The average Bonchev–Trinajstić information content (AvgIpc) is 3.05. The van der Waals surface area contributed by atoms with Gasteiger partial charge in [0.25, 0.3) is 5.89 Å². The molecule has 1 aliphatic rings. The number of halogens is 1. The molecule has 1 aromatic carbocycles. The van der Waals surface area contributed by atoms with E-state index in [9.17, 15) is 0 Å². The highest BCUT2D eigenvalue weighted by Gasteiger charge is 2.13. The van der Waals surface area contributed by atoms with Crippen LogP contribution in [-0.2, 0) is 13.0 Å². The van der Waals surface area contributed by atoms with Crippen LogP contribution in [0.25, 0.3) is 11.5 Å². The Morgan fingerprint density at radius 1 is 1.17 bits per heavy atom. The lowest BCUT2D eigenvalue weighted by Gasteiger charge is -2.26. The highest BCUT2D eigenvalue weighted by atomic mass is 35.5. The fourth-order valence-electron chi connectivity index (χ4n) is 2.96. The lowest BCUT2D eigenvalue weighted by atomic mass is 10.1. The van der Waals surface area contributed by atoms with Crippen molar-refractivity contribution in [2.45, 2.75) is 45.2 Å². The van der Waals surface area contributed by atoms with E-state index in [1.165, 1.54) is 37.9 Å². The zero-order valence-electron chi connectivity index (χ0n) is 14.5. The first-order valence-electron chi connectivity index (χ1n) is 8.56. The van der Waals surface area contributed by atoms with E-state index in [2.05, 4.69) is 51.5 Å². The zero-order valence-corrected chi connectivity index (χ0v) is 15.3. The molecule has 132 valence electrons. The number of hydrogen-bond donors (Lipinski definition) is 1. The third kappa shape index (κ3) is 5.03. The van der Waals surface area contributed by atoms with Crippen LogP contribution in [0.2, 0.25) is 0 Å². The molecule has 0 saturated carbocycles. The molecule has 3 rings (SSSR count). The maximum absolute atomic E-state index is 5.39. The molecule has 2 aromatic rings. The van der Waals surface area contributed by atoms with E-state index in [0.717, 1.165) is 24.4 Å². The van der Waals surface area contributed by atoms with Crippen LogP contribution in [0, 0.1) is 0 Å². The molecule has 0 bridgehead atoms. The number of nitrogens with zero attached hydrogens (tertiary/aromatic N) is 3. The van der Waals surface area contributed by atoms with Crippen LogP contribution >= 0.6 is 12.4 Å². The highest BCUT2D eigenvalue weighted by molar-refractivity contribution is 5.85. The molecule has 0 radical (unpaired) electrons. The van der Waals surface area contributed by atoms with Gasteiger partial charge in [-0.25, -0.2) is 0 Å². The molecule has 1 aromatic heterocycles. The minimum atomic E-state index is 0. The van der Waals surface area contributed by atoms with Gasteiger partial charge in [0.15, 0.2) is 5.82 Å². The van der Waals surface area contributed by atoms with Gasteiger partial charge in [0.05, 0.1) is 0 Å². The molecular formula is C18H27ClN4O. The van der Waals surface area contributed by atoms with Gasteiger partial charge in [-0.2, -0.15) is 4.98 Å². The van der Waals surface area contributed by atoms with Gasteiger partial charge >= 0.3 is 0 Å². The van der Waals surface area contributed by atoms with E-state index in [1.807, 2.05) is 7.05 Å². The Morgan fingerprint density at radius 3 is 2.54 bits per heavy atom. The van der Waals surface area contributed by atoms with Crippen LogP contribution < -0.4 is 5.32 Å². The Morgan fingerprint density at radius 2 is 1.88 bits per heavy atom. The topological polar surface area (TPSA) is 54.2 Å². The first-order chi connectivity index (χ1) is 11.2. The first-order valence-corrected chi connectivity index (χ1v) is 8.56. The Balaban J connectivity index is 0.00000208. The number of likely N-dealkylation sites (N-methyl/N-ethyl adjacent to an activating group) is 1. The number of likely N-dealkylation sites (tertiary alicyclic amines) is 1.